The van der Waals surface area contributed by atoms with Gasteiger partial charge in [0.1, 0.15) is 5.58 Å². The van der Waals surface area contributed by atoms with Gasteiger partial charge in [-0.05, 0) is 62.1 Å². The highest BCUT2D eigenvalue weighted by molar-refractivity contribution is 6.32. The average molecular weight is 500 g/mol. The zero-order valence-electron chi connectivity index (χ0n) is 20.2. The number of unbranched alkanes of at least 4 members (excludes halogenated alkanes) is 1. The molecule has 1 aliphatic heterocycles. The molecule has 1 amide bonds. The molecule has 0 fully saturated rings. The van der Waals surface area contributed by atoms with Gasteiger partial charge in [-0.1, -0.05) is 31.0 Å². The third-order valence-electron chi connectivity index (χ3n) is 6.14. The summed E-state index contributed by atoms with van der Waals surface area (Å²) in [4.78, 5) is 28.7. The number of hydrogen-bond donors (Lipinski definition) is 1. The lowest BCUT2D eigenvalue weighted by Gasteiger charge is -2.25. The predicted octanol–water partition coefficient (Wildman–Crippen LogP) is 5.26. The third kappa shape index (κ3) is 4.75. The largest absolute Gasteiger partial charge is 0.490 e. The highest BCUT2D eigenvalue weighted by Crippen LogP contribution is 2.41. The Morgan fingerprint density at radius 3 is 2.60 bits per heavy atom. The number of nitrogens with zero attached hydrogens (tertiary/aromatic N) is 1. The third-order valence-corrected chi connectivity index (χ3v) is 6.55. The molecule has 0 spiro atoms. The fraction of sp³-hybridized carbons (Fsp3) is 0.407. The summed E-state index contributed by atoms with van der Waals surface area (Å²) in [7, 11) is 0. The molecule has 1 aliphatic rings. The van der Waals surface area contributed by atoms with E-state index in [1.54, 1.807) is 17.0 Å². The summed E-state index contributed by atoms with van der Waals surface area (Å²) in [6.07, 6.45) is 2.30. The minimum Gasteiger partial charge on any atom is -0.490 e. The Hall–Kier alpha value is -3.03. The number of aliphatic hydroxyl groups is 1. The molecule has 0 saturated heterocycles. The minimum atomic E-state index is -0.686. The van der Waals surface area contributed by atoms with Crippen molar-refractivity contribution >= 4 is 28.5 Å². The summed E-state index contributed by atoms with van der Waals surface area (Å²) < 4.78 is 17.7. The first kappa shape index (κ1) is 25.1. The van der Waals surface area contributed by atoms with Crippen LogP contribution >= 0.6 is 11.6 Å². The van der Waals surface area contributed by atoms with E-state index < -0.39 is 6.04 Å². The van der Waals surface area contributed by atoms with Gasteiger partial charge in [0.25, 0.3) is 5.91 Å². The van der Waals surface area contributed by atoms with Crippen LogP contribution in [0.4, 0.5) is 0 Å². The molecule has 1 aromatic heterocycles. The Morgan fingerprint density at radius 2 is 1.89 bits per heavy atom. The van der Waals surface area contributed by atoms with E-state index >= 15 is 0 Å². The van der Waals surface area contributed by atoms with Crippen molar-refractivity contribution in [1.82, 2.24) is 4.90 Å². The number of ether oxygens (including phenoxy) is 2. The summed E-state index contributed by atoms with van der Waals surface area (Å²) in [5, 5.41) is 10.2. The number of aliphatic hydroxyl groups excluding tert-OH is 1. The van der Waals surface area contributed by atoms with E-state index in [-0.39, 0.29) is 35.8 Å². The van der Waals surface area contributed by atoms with Crippen LogP contribution in [0.1, 0.15) is 66.4 Å². The van der Waals surface area contributed by atoms with Crippen molar-refractivity contribution in [1.29, 1.82) is 0 Å². The van der Waals surface area contributed by atoms with Gasteiger partial charge >= 0.3 is 0 Å². The normalized spacial score (nSPS) is 15.1. The summed E-state index contributed by atoms with van der Waals surface area (Å²) in [6.45, 7) is 6.97. The zero-order valence-corrected chi connectivity index (χ0v) is 21.0. The summed E-state index contributed by atoms with van der Waals surface area (Å²) >= 11 is 6.30. The van der Waals surface area contributed by atoms with E-state index in [0.29, 0.717) is 52.7 Å². The van der Waals surface area contributed by atoms with E-state index in [1.165, 1.54) is 0 Å². The van der Waals surface area contributed by atoms with E-state index in [0.717, 1.165) is 18.4 Å². The van der Waals surface area contributed by atoms with Crippen LogP contribution in [-0.2, 0) is 0 Å². The predicted molar refractivity (Wildman–Crippen MR) is 135 cm³/mol. The molecule has 1 atom stereocenters. The molecule has 8 heteroatoms. The van der Waals surface area contributed by atoms with Gasteiger partial charge in [-0.15, -0.1) is 0 Å². The summed E-state index contributed by atoms with van der Waals surface area (Å²) in [6, 6.07) is 8.05. The number of carbonyl (C=O) groups is 1. The zero-order chi connectivity index (χ0) is 25.1. The standard InChI is InChI=1S/C27H30ClNO6/c1-4-6-12-34-20-9-8-17(14-22(20)33-5-2)24-23-25(31)18-15-19(28)16(3)13-21(18)35-26(23)27(32)29(24)10-7-11-30/h8-9,13-15,24,30H,4-7,10-12H2,1-3H3. The van der Waals surface area contributed by atoms with E-state index in [4.69, 9.17) is 25.5 Å². The molecule has 1 N–H and O–H groups in total. The SMILES string of the molecule is CCCCOc1ccc(C2c3c(oc4cc(C)c(Cl)cc4c3=O)C(=O)N2CCCO)cc1OCC. The number of amides is 1. The number of benzene rings is 2. The van der Waals surface area contributed by atoms with Crippen molar-refractivity contribution in [3.63, 3.8) is 0 Å². The molecule has 35 heavy (non-hydrogen) atoms. The second-order valence-electron chi connectivity index (χ2n) is 8.59. The van der Waals surface area contributed by atoms with Crippen LogP contribution in [0, 0.1) is 6.92 Å². The molecule has 186 valence electrons. The fourth-order valence-corrected chi connectivity index (χ4v) is 4.53. The lowest BCUT2D eigenvalue weighted by Crippen LogP contribution is -2.31. The first-order valence-electron chi connectivity index (χ1n) is 12.0. The average Bonchev–Trinajstić information content (AvgIpc) is 3.12. The van der Waals surface area contributed by atoms with Crippen LogP contribution in [0.15, 0.2) is 39.5 Å². The van der Waals surface area contributed by atoms with Crippen LogP contribution in [0.2, 0.25) is 5.02 Å². The van der Waals surface area contributed by atoms with Crippen LogP contribution in [0.3, 0.4) is 0 Å². The number of rotatable bonds is 10. The second-order valence-corrected chi connectivity index (χ2v) is 9.00. The Balaban J connectivity index is 1.87. The molecule has 0 saturated carbocycles. The number of hydrogen-bond acceptors (Lipinski definition) is 6. The Bertz CT molecular complexity index is 1300. The van der Waals surface area contributed by atoms with Gasteiger partial charge in [-0.25, -0.2) is 0 Å². The smallest absolute Gasteiger partial charge is 0.290 e. The second kappa shape index (κ2) is 10.7. The Morgan fingerprint density at radius 1 is 1.09 bits per heavy atom. The summed E-state index contributed by atoms with van der Waals surface area (Å²) in [5.41, 5.74) is 1.74. The van der Waals surface area contributed by atoms with E-state index in [1.807, 2.05) is 32.0 Å². The van der Waals surface area contributed by atoms with Crippen molar-refractivity contribution < 1.29 is 23.8 Å². The number of fused-ring (bicyclic) bond motifs is 2. The molecule has 0 bridgehead atoms. The molecule has 4 rings (SSSR count). The fourth-order valence-electron chi connectivity index (χ4n) is 4.37. The van der Waals surface area contributed by atoms with E-state index in [2.05, 4.69) is 6.92 Å². The van der Waals surface area contributed by atoms with Crippen molar-refractivity contribution in [3.05, 3.63) is 68.0 Å². The number of carbonyl (C=O) groups excluding carboxylic acids is 1. The number of halogens is 1. The van der Waals surface area contributed by atoms with Gasteiger partial charge < -0.3 is 23.9 Å². The first-order chi connectivity index (χ1) is 16.9. The van der Waals surface area contributed by atoms with Crippen LogP contribution in [0.25, 0.3) is 11.0 Å². The molecule has 0 aliphatic carbocycles. The van der Waals surface area contributed by atoms with Gasteiger partial charge in [0, 0.05) is 18.2 Å². The lowest BCUT2D eigenvalue weighted by molar-refractivity contribution is 0.0716. The quantitative estimate of drug-likeness (QED) is 0.383. The molecule has 2 aromatic carbocycles. The topological polar surface area (TPSA) is 89.2 Å². The van der Waals surface area contributed by atoms with Crippen LogP contribution in [0.5, 0.6) is 11.5 Å². The Kier molecular flexibility index (Phi) is 7.67. The monoisotopic (exact) mass is 499 g/mol. The maximum atomic E-state index is 13.7. The van der Waals surface area contributed by atoms with Crippen LogP contribution < -0.4 is 14.9 Å². The molecule has 7 nitrogen and oxygen atoms in total. The molecular weight excluding hydrogens is 470 g/mol. The van der Waals surface area contributed by atoms with Gasteiger partial charge in [0.15, 0.2) is 16.9 Å². The minimum absolute atomic E-state index is 0.0217. The number of aryl methyl sites for hydroxylation is 1. The van der Waals surface area contributed by atoms with Gasteiger partial charge in [0.2, 0.25) is 5.76 Å². The van der Waals surface area contributed by atoms with Crippen molar-refractivity contribution in [2.45, 2.75) is 46.1 Å². The lowest BCUT2D eigenvalue weighted by atomic mass is 9.97. The highest BCUT2D eigenvalue weighted by Gasteiger charge is 2.42. The van der Waals surface area contributed by atoms with Gasteiger partial charge in [-0.3, -0.25) is 9.59 Å². The molecular formula is C27H30ClNO6. The van der Waals surface area contributed by atoms with Gasteiger partial charge in [-0.2, -0.15) is 0 Å². The Labute approximate surface area is 209 Å². The molecule has 2 heterocycles. The van der Waals surface area contributed by atoms with Crippen molar-refractivity contribution in [3.8, 4) is 11.5 Å². The first-order valence-corrected chi connectivity index (χ1v) is 12.4. The molecule has 3 aromatic rings. The van der Waals surface area contributed by atoms with E-state index in [9.17, 15) is 14.7 Å². The van der Waals surface area contributed by atoms with Crippen molar-refractivity contribution in [2.24, 2.45) is 0 Å². The van der Waals surface area contributed by atoms with Crippen molar-refractivity contribution in [2.75, 3.05) is 26.4 Å². The van der Waals surface area contributed by atoms with Crippen LogP contribution in [-0.4, -0.2) is 42.3 Å². The molecule has 0 radical (unpaired) electrons. The highest BCUT2D eigenvalue weighted by atomic mass is 35.5. The molecule has 1 unspecified atom stereocenters. The summed E-state index contributed by atoms with van der Waals surface area (Å²) in [5.74, 6) is 0.802. The maximum Gasteiger partial charge on any atom is 0.290 e. The van der Waals surface area contributed by atoms with Gasteiger partial charge in [0.05, 0.1) is 30.2 Å². The maximum absolute atomic E-state index is 13.7.